The number of hydrogen-bond acceptors (Lipinski definition) is 4. The van der Waals surface area contributed by atoms with Crippen LogP contribution in [-0.2, 0) is 16.1 Å². The summed E-state index contributed by atoms with van der Waals surface area (Å²) in [6, 6.07) is 1.37. The molecule has 3 rings (SSSR count). The highest BCUT2D eigenvalue weighted by atomic mass is 16.4. The molecule has 2 amide bonds. The molecule has 0 saturated carbocycles. The van der Waals surface area contributed by atoms with Crippen LogP contribution in [0.1, 0.15) is 34.7 Å². The molecule has 0 aromatic carbocycles. The Morgan fingerprint density at radius 2 is 1.86 bits per heavy atom. The molecule has 1 aromatic heterocycles. The number of fused-ring (bicyclic) bond motifs is 1. The predicted octanol–water partition coefficient (Wildman–Crippen LogP) is 1.74. The predicted molar refractivity (Wildman–Crippen MR) is 71.3 cm³/mol. The number of aryl methyl sites for hydroxylation is 1. The van der Waals surface area contributed by atoms with Gasteiger partial charge in [-0.2, -0.15) is 0 Å². The highest BCUT2D eigenvalue weighted by molar-refractivity contribution is 6.05. The third kappa shape index (κ3) is 2.16. The van der Waals surface area contributed by atoms with Gasteiger partial charge in [0, 0.05) is 0 Å². The van der Waals surface area contributed by atoms with Gasteiger partial charge in [0.05, 0.1) is 18.4 Å². The van der Waals surface area contributed by atoms with Crippen LogP contribution in [0.2, 0.25) is 0 Å². The normalized spacial score (nSPS) is 24.5. The molecule has 110 valence electrons. The molecule has 0 radical (unpaired) electrons. The van der Waals surface area contributed by atoms with Crippen LogP contribution >= 0.6 is 0 Å². The van der Waals surface area contributed by atoms with Gasteiger partial charge < -0.3 is 9.52 Å². The monoisotopic (exact) mass is 289 g/mol. The number of likely N-dealkylation sites (tertiary alicyclic amines) is 1. The van der Waals surface area contributed by atoms with Crippen molar-refractivity contribution in [1.82, 2.24) is 4.90 Å². The second-order valence-corrected chi connectivity index (χ2v) is 5.41. The highest BCUT2D eigenvalue weighted by Gasteiger charge is 2.47. The van der Waals surface area contributed by atoms with Crippen molar-refractivity contribution in [1.29, 1.82) is 0 Å². The molecule has 1 aromatic rings. The molecule has 1 aliphatic heterocycles. The molecule has 1 N–H and O–H groups in total. The zero-order chi connectivity index (χ0) is 15.1. The lowest BCUT2D eigenvalue weighted by molar-refractivity contribution is -0.140. The summed E-state index contributed by atoms with van der Waals surface area (Å²) in [5, 5.41) is 9.00. The third-order valence-corrected chi connectivity index (χ3v) is 4.11. The lowest BCUT2D eigenvalue weighted by Gasteiger charge is -2.14. The Kier molecular flexibility index (Phi) is 3.16. The van der Waals surface area contributed by atoms with E-state index in [2.05, 4.69) is 0 Å². The van der Waals surface area contributed by atoms with Gasteiger partial charge in [-0.3, -0.25) is 14.5 Å². The van der Waals surface area contributed by atoms with Crippen molar-refractivity contribution in [3.05, 3.63) is 35.3 Å². The smallest absolute Gasteiger partial charge is 0.339 e. The average molecular weight is 289 g/mol. The van der Waals surface area contributed by atoms with Crippen molar-refractivity contribution in [2.75, 3.05) is 0 Å². The summed E-state index contributed by atoms with van der Waals surface area (Å²) in [4.78, 5) is 36.8. The summed E-state index contributed by atoms with van der Waals surface area (Å²) in [5.74, 6) is -1.44. The number of carbonyl (C=O) groups excluding carboxylic acids is 2. The van der Waals surface area contributed by atoms with Crippen LogP contribution in [0.15, 0.2) is 22.6 Å². The first-order valence-electron chi connectivity index (χ1n) is 6.82. The van der Waals surface area contributed by atoms with E-state index >= 15 is 0 Å². The van der Waals surface area contributed by atoms with Crippen molar-refractivity contribution in [3.8, 4) is 0 Å². The first-order chi connectivity index (χ1) is 9.99. The highest BCUT2D eigenvalue weighted by Crippen LogP contribution is 2.36. The van der Waals surface area contributed by atoms with Gasteiger partial charge in [0.25, 0.3) is 0 Å². The lowest BCUT2D eigenvalue weighted by Crippen LogP contribution is -2.30. The molecule has 1 fully saturated rings. The van der Waals surface area contributed by atoms with Crippen molar-refractivity contribution >= 4 is 17.8 Å². The number of carboxylic acid groups (broad SMARTS) is 1. The Morgan fingerprint density at radius 3 is 2.33 bits per heavy atom. The van der Waals surface area contributed by atoms with E-state index in [-0.39, 0.29) is 41.5 Å². The van der Waals surface area contributed by atoms with Gasteiger partial charge in [0.1, 0.15) is 17.1 Å². The van der Waals surface area contributed by atoms with Crippen LogP contribution in [0.4, 0.5) is 0 Å². The fourth-order valence-corrected chi connectivity index (χ4v) is 3.01. The summed E-state index contributed by atoms with van der Waals surface area (Å²) in [7, 11) is 0. The quantitative estimate of drug-likeness (QED) is 0.676. The lowest BCUT2D eigenvalue weighted by atomic mass is 9.85. The number of hydrogen-bond donors (Lipinski definition) is 1. The standard InChI is InChI=1S/C15H15NO5/c1-8-12(15(19)20)6-9(21-8)7-16-13(17)10-4-2-3-5-11(10)14(16)18/h2-3,6,10-11H,4-5,7H2,1H3,(H,19,20). The molecule has 21 heavy (non-hydrogen) atoms. The number of imide groups is 1. The van der Waals surface area contributed by atoms with Crippen LogP contribution in [0.5, 0.6) is 0 Å². The molecule has 2 aliphatic rings. The molecule has 0 bridgehead atoms. The van der Waals surface area contributed by atoms with Gasteiger partial charge in [-0.05, 0) is 25.8 Å². The number of rotatable bonds is 3. The van der Waals surface area contributed by atoms with Crippen molar-refractivity contribution in [3.63, 3.8) is 0 Å². The molecule has 1 saturated heterocycles. The molecule has 6 nitrogen and oxygen atoms in total. The summed E-state index contributed by atoms with van der Waals surface area (Å²) in [6.45, 7) is 1.54. The van der Waals surface area contributed by atoms with E-state index in [0.29, 0.717) is 18.6 Å². The number of carboxylic acids is 1. The molecule has 0 spiro atoms. The first kappa shape index (κ1) is 13.6. The van der Waals surface area contributed by atoms with Gasteiger partial charge in [-0.1, -0.05) is 12.2 Å². The second-order valence-electron chi connectivity index (χ2n) is 5.41. The van der Waals surface area contributed by atoms with Gasteiger partial charge in [-0.15, -0.1) is 0 Å². The van der Waals surface area contributed by atoms with Crippen LogP contribution in [0.3, 0.4) is 0 Å². The molecular formula is C15H15NO5. The minimum Gasteiger partial charge on any atom is -0.478 e. The van der Waals surface area contributed by atoms with Crippen molar-refractivity contribution in [2.24, 2.45) is 11.8 Å². The first-order valence-corrected chi connectivity index (χ1v) is 6.82. The van der Waals surface area contributed by atoms with Crippen LogP contribution < -0.4 is 0 Å². The maximum Gasteiger partial charge on any atom is 0.339 e. The SMILES string of the molecule is Cc1oc(CN2C(=O)C3CC=CCC3C2=O)cc1C(=O)O. The molecule has 2 atom stereocenters. The van der Waals surface area contributed by atoms with E-state index in [1.54, 1.807) is 6.92 Å². The van der Waals surface area contributed by atoms with Crippen LogP contribution in [-0.4, -0.2) is 27.8 Å². The van der Waals surface area contributed by atoms with E-state index in [9.17, 15) is 14.4 Å². The third-order valence-electron chi connectivity index (χ3n) is 4.11. The van der Waals surface area contributed by atoms with E-state index in [0.717, 1.165) is 0 Å². The molecule has 6 heteroatoms. The fourth-order valence-electron chi connectivity index (χ4n) is 3.01. The summed E-state index contributed by atoms with van der Waals surface area (Å²) in [5.41, 5.74) is 0.0585. The van der Waals surface area contributed by atoms with Crippen molar-refractivity contribution < 1.29 is 23.9 Å². The van der Waals surface area contributed by atoms with Gasteiger partial charge in [0.2, 0.25) is 11.8 Å². The van der Waals surface area contributed by atoms with Crippen LogP contribution in [0, 0.1) is 18.8 Å². The summed E-state index contributed by atoms with van der Waals surface area (Å²) in [6.07, 6.45) is 5.03. The second kappa shape index (κ2) is 4.87. The minimum absolute atomic E-state index is 0.00120. The number of furan rings is 1. The van der Waals surface area contributed by atoms with Gasteiger partial charge >= 0.3 is 5.97 Å². The van der Waals surface area contributed by atoms with Crippen LogP contribution in [0.25, 0.3) is 0 Å². The van der Waals surface area contributed by atoms with Gasteiger partial charge in [0.15, 0.2) is 0 Å². The van der Waals surface area contributed by atoms with Crippen molar-refractivity contribution in [2.45, 2.75) is 26.3 Å². The molecule has 2 unspecified atom stereocenters. The number of allylic oxidation sites excluding steroid dienone is 2. The van der Waals surface area contributed by atoms with E-state index < -0.39 is 5.97 Å². The molecular weight excluding hydrogens is 274 g/mol. The number of nitrogens with zero attached hydrogens (tertiary/aromatic N) is 1. The fraction of sp³-hybridized carbons (Fsp3) is 0.400. The Bertz CT molecular complexity index is 631. The maximum absolute atomic E-state index is 12.3. The Morgan fingerprint density at radius 1 is 1.29 bits per heavy atom. The Hall–Kier alpha value is -2.37. The molecule has 2 heterocycles. The van der Waals surface area contributed by atoms with E-state index in [1.807, 2.05) is 12.2 Å². The summed E-state index contributed by atoms with van der Waals surface area (Å²) < 4.78 is 5.35. The number of amides is 2. The van der Waals surface area contributed by atoms with Gasteiger partial charge in [-0.25, -0.2) is 4.79 Å². The Balaban J connectivity index is 1.82. The molecule has 1 aliphatic carbocycles. The number of aromatic carboxylic acids is 1. The van der Waals surface area contributed by atoms with E-state index in [4.69, 9.17) is 9.52 Å². The van der Waals surface area contributed by atoms with E-state index in [1.165, 1.54) is 11.0 Å². The maximum atomic E-state index is 12.3. The summed E-state index contributed by atoms with van der Waals surface area (Å²) >= 11 is 0. The Labute approximate surface area is 121 Å². The largest absolute Gasteiger partial charge is 0.478 e. The zero-order valence-corrected chi connectivity index (χ0v) is 11.5. The number of carbonyl (C=O) groups is 3. The zero-order valence-electron chi connectivity index (χ0n) is 11.5. The topological polar surface area (TPSA) is 87.8 Å². The minimum atomic E-state index is -1.08. The average Bonchev–Trinajstić information content (AvgIpc) is 2.94.